The minimum atomic E-state index is -4.59. The fraction of sp³-hybridized carbons (Fsp3) is 0.375. The molecule has 0 amide bonds. The summed E-state index contributed by atoms with van der Waals surface area (Å²) in [5, 5.41) is 9.76. The lowest BCUT2D eigenvalue weighted by atomic mass is 10.0. The molecule has 7 heteroatoms. The summed E-state index contributed by atoms with van der Waals surface area (Å²) >= 11 is 6.35. The minimum Gasteiger partial charge on any atom is -0.481 e. The van der Waals surface area contributed by atoms with Crippen molar-refractivity contribution in [2.45, 2.75) is 18.5 Å². The lowest BCUT2D eigenvalue weighted by Crippen LogP contribution is -2.23. The molecule has 0 aliphatic heterocycles. The van der Waals surface area contributed by atoms with E-state index in [2.05, 4.69) is 0 Å². The van der Waals surface area contributed by atoms with Gasteiger partial charge < -0.3 is 5.11 Å². The van der Waals surface area contributed by atoms with Crippen LogP contribution in [-0.2, 0) is 4.79 Å². The smallest absolute Gasteiger partial charge is 0.397 e. The van der Waals surface area contributed by atoms with Crippen molar-refractivity contribution in [1.29, 1.82) is 0 Å². The van der Waals surface area contributed by atoms with Crippen LogP contribution >= 0.6 is 22.9 Å². The standard InChI is InChI=1S/C8H6ClF3O2S/c9-5-1-2-15-7(5)4(3-6(13)14)8(10,11)12/h1-2,4H,3H2,(H,13,14). The molecule has 84 valence electrons. The van der Waals surface area contributed by atoms with Gasteiger partial charge in [-0.2, -0.15) is 13.2 Å². The Kier molecular flexibility index (Phi) is 3.62. The van der Waals surface area contributed by atoms with Gasteiger partial charge in [-0.3, -0.25) is 4.79 Å². The molecule has 0 saturated heterocycles. The summed E-state index contributed by atoms with van der Waals surface area (Å²) in [5.41, 5.74) is 0. The Labute approximate surface area is 92.3 Å². The molecule has 1 aromatic rings. The maximum absolute atomic E-state index is 12.5. The molecule has 1 unspecified atom stereocenters. The number of carbonyl (C=O) groups is 1. The molecule has 0 spiro atoms. The van der Waals surface area contributed by atoms with Crippen LogP contribution in [0.5, 0.6) is 0 Å². The molecule has 0 aliphatic rings. The van der Waals surface area contributed by atoms with E-state index in [9.17, 15) is 18.0 Å². The third-order valence-electron chi connectivity index (χ3n) is 1.74. The van der Waals surface area contributed by atoms with Gasteiger partial charge in [0.2, 0.25) is 0 Å². The highest BCUT2D eigenvalue weighted by Gasteiger charge is 2.43. The van der Waals surface area contributed by atoms with Gasteiger partial charge in [-0.1, -0.05) is 11.6 Å². The first-order chi connectivity index (χ1) is 6.82. The molecule has 0 aromatic carbocycles. The summed E-state index contributed by atoms with van der Waals surface area (Å²) in [7, 11) is 0. The number of alkyl halides is 3. The summed E-state index contributed by atoms with van der Waals surface area (Å²) < 4.78 is 37.5. The Morgan fingerprint density at radius 1 is 1.60 bits per heavy atom. The molecular formula is C8H6ClF3O2S. The van der Waals surface area contributed by atoms with Crippen LogP contribution in [0.3, 0.4) is 0 Å². The van der Waals surface area contributed by atoms with E-state index in [1.54, 1.807) is 0 Å². The van der Waals surface area contributed by atoms with Crippen molar-refractivity contribution in [3.8, 4) is 0 Å². The van der Waals surface area contributed by atoms with Gasteiger partial charge in [0.15, 0.2) is 0 Å². The molecule has 1 atom stereocenters. The molecule has 1 heterocycles. The molecule has 1 aromatic heterocycles. The quantitative estimate of drug-likeness (QED) is 0.901. The third kappa shape index (κ3) is 3.10. The number of aliphatic carboxylic acids is 1. The normalized spacial score (nSPS) is 13.9. The maximum atomic E-state index is 12.5. The number of rotatable bonds is 3. The summed E-state index contributed by atoms with van der Waals surface area (Å²) in [6, 6.07) is 1.32. The minimum absolute atomic E-state index is 0.0384. The zero-order chi connectivity index (χ0) is 11.6. The van der Waals surface area contributed by atoms with Crippen molar-refractivity contribution in [1.82, 2.24) is 0 Å². The topological polar surface area (TPSA) is 37.3 Å². The van der Waals surface area contributed by atoms with Gasteiger partial charge in [0.1, 0.15) is 5.92 Å². The molecule has 1 rings (SSSR count). The van der Waals surface area contributed by atoms with E-state index >= 15 is 0 Å². The maximum Gasteiger partial charge on any atom is 0.397 e. The molecule has 0 radical (unpaired) electrons. The van der Waals surface area contributed by atoms with Crippen LogP contribution in [0.1, 0.15) is 17.2 Å². The molecule has 1 N–H and O–H groups in total. The van der Waals surface area contributed by atoms with Crippen LogP contribution in [0.4, 0.5) is 13.2 Å². The summed E-state index contributed by atoms with van der Waals surface area (Å²) in [6.45, 7) is 0. The lowest BCUT2D eigenvalue weighted by molar-refractivity contribution is -0.162. The molecule has 15 heavy (non-hydrogen) atoms. The average molecular weight is 259 g/mol. The van der Waals surface area contributed by atoms with Gasteiger partial charge >= 0.3 is 12.1 Å². The summed E-state index contributed by atoms with van der Waals surface area (Å²) in [6.07, 6.45) is -5.59. The van der Waals surface area contributed by atoms with Crippen molar-refractivity contribution >= 4 is 28.9 Å². The van der Waals surface area contributed by atoms with Crippen LogP contribution in [0.2, 0.25) is 5.02 Å². The summed E-state index contributed by atoms with van der Waals surface area (Å²) in [4.78, 5) is 10.2. The van der Waals surface area contributed by atoms with E-state index in [0.29, 0.717) is 0 Å². The Morgan fingerprint density at radius 2 is 2.20 bits per heavy atom. The van der Waals surface area contributed by atoms with E-state index in [4.69, 9.17) is 16.7 Å². The van der Waals surface area contributed by atoms with Crippen molar-refractivity contribution in [2.24, 2.45) is 0 Å². The van der Waals surface area contributed by atoms with E-state index in [0.717, 1.165) is 11.3 Å². The highest BCUT2D eigenvalue weighted by molar-refractivity contribution is 7.10. The van der Waals surface area contributed by atoms with Crippen molar-refractivity contribution in [2.75, 3.05) is 0 Å². The number of carboxylic acids is 1. The Hall–Kier alpha value is -0.750. The number of thiophene rings is 1. The Bertz CT molecular complexity index is 361. The van der Waals surface area contributed by atoms with Gasteiger partial charge in [-0.25, -0.2) is 0 Å². The monoisotopic (exact) mass is 258 g/mol. The Morgan fingerprint density at radius 3 is 2.53 bits per heavy atom. The molecule has 0 fully saturated rings. The summed E-state index contributed by atoms with van der Waals surface area (Å²) in [5.74, 6) is -3.52. The third-order valence-corrected chi connectivity index (χ3v) is 3.21. The fourth-order valence-corrected chi connectivity index (χ4v) is 2.40. The molecule has 0 bridgehead atoms. The Balaban J connectivity index is 3.02. The molecule has 2 nitrogen and oxygen atoms in total. The van der Waals surface area contributed by atoms with E-state index in [1.165, 1.54) is 11.4 Å². The van der Waals surface area contributed by atoms with Crippen LogP contribution in [0.25, 0.3) is 0 Å². The second-order valence-electron chi connectivity index (χ2n) is 2.82. The fourth-order valence-electron chi connectivity index (χ4n) is 1.09. The zero-order valence-corrected chi connectivity index (χ0v) is 8.79. The van der Waals surface area contributed by atoms with Crippen LogP contribution < -0.4 is 0 Å². The lowest BCUT2D eigenvalue weighted by Gasteiger charge is -2.17. The van der Waals surface area contributed by atoms with Gasteiger partial charge in [-0.05, 0) is 11.4 Å². The zero-order valence-electron chi connectivity index (χ0n) is 7.21. The van der Waals surface area contributed by atoms with Crippen LogP contribution in [-0.4, -0.2) is 17.3 Å². The number of halogens is 4. The SMILES string of the molecule is O=C(O)CC(c1sccc1Cl)C(F)(F)F. The van der Waals surface area contributed by atoms with Gasteiger partial charge in [-0.15, -0.1) is 11.3 Å². The predicted molar refractivity (Wildman–Crippen MR) is 50.4 cm³/mol. The van der Waals surface area contributed by atoms with Gasteiger partial charge in [0.05, 0.1) is 11.4 Å². The first kappa shape index (κ1) is 12.3. The van der Waals surface area contributed by atoms with Crippen molar-refractivity contribution in [3.63, 3.8) is 0 Å². The predicted octanol–water partition coefficient (Wildman–Crippen LogP) is 3.52. The van der Waals surface area contributed by atoms with Crippen LogP contribution in [0, 0.1) is 0 Å². The van der Waals surface area contributed by atoms with Gasteiger partial charge in [0.25, 0.3) is 0 Å². The largest absolute Gasteiger partial charge is 0.481 e. The second-order valence-corrected chi connectivity index (χ2v) is 4.18. The molecule has 0 saturated carbocycles. The molecular weight excluding hydrogens is 253 g/mol. The van der Waals surface area contributed by atoms with Crippen LogP contribution in [0.15, 0.2) is 11.4 Å². The molecule has 0 aliphatic carbocycles. The average Bonchev–Trinajstić information content (AvgIpc) is 2.45. The van der Waals surface area contributed by atoms with E-state index in [-0.39, 0.29) is 9.90 Å². The second kappa shape index (κ2) is 4.40. The number of hydrogen-bond donors (Lipinski definition) is 1. The highest BCUT2D eigenvalue weighted by atomic mass is 35.5. The first-order valence-electron chi connectivity index (χ1n) is 3.83. The number of carboxylic acid groups (broad SMARTS) is 1. The highest BCUT2D eigenvalue weighted by Crippen LogP contribution is 2.42. The van der Waals surface area contributed by atoms with E-state index < -0.39 is 24.5 Å². The van der Waals surface area contributed by atoms with Crippen molar-refractivity contribution in [3.05, 3.63) is 21.3 Å². The number of hydrogen-bond acceptors (Lipinski definition) is 2. The van der Waals surface area contributed by atoms with Crippen molar-refractivity contribution < 1.29 is 23.1 Å². The first-order valence-corrected chi connectivity index (χ1v) is 5.09. The van der Waals surface area contributed by atoms with E-state index in [1.807, 2.05) is 0 Å². The van der Waals surface area contributed by atoms with Gasteiger partial charge in [0, 0.05) is 4.88 Å².